The van der Waals surface area contributed by atoms with E-state index in [9.17, 15) is 14.4 Å². The van der Waals surface area contributed by atoms with Crippen LogP contribution < -0.4 is 5.32 Å². The molecule has 0 saturated carbocycles. The third-order valence-corrected chi connectivity index (χ3v) is 2.17. The van der Waals surface area contributed by atoms with Gasteiger partial charge in [0, 0.05) is 11.3 Å². The second-order valence-electron chi connectivity index (χ2n) is 3.15. The molecule has 1 N–H and O–H groups in total. The summed E-state index contributed by atoms with van der Waals surface area (Å²) >= 11 is 0. The van der Waals surface area contributed by atoms with Crippen LogP contribution in [0.15, 0.2) is 5.11 Å². The van der Waals surface area contributed by atoms with E-state index in [-0.39, 0.29) is 19.4 Å². The number of carbonyl (C=O) groups excluding carboxylic acids is 3. The van der Waals surface area contributed by atoms with Crippen molar-refractivity contribution in [2.24, 2.45) is 5.11 Å². The van der Waals surface area contributed by atoms with E-state index in [4.69, 9.17) is 5.53 Å². The molecule has 1 aliphatic heterocycles. The van der Waals surface area contributed by atoms with Gasteiger partial charge in [0.1, 0.15) is 0 Å². The molecule has 8 heteroatoms. The highest BCUT2D eigenvalue weighted by Gasteiger charge is 2.50. The predicted octanol–water partition coefficient (Wildman–Crippen LogP) is 0.0352. The lowest BCUT2D eigenvalue weighted by Gasteiger charge is -2.28. The van der Waals surface area contributed by atoms with Crippen LogP contribution in [0.25, 0.3) is 10.4 Å². The summed E-state index contributed by atoms with van der Waals surface area (Å²) < 4.78 is 4.67. The molecule has 0 spiro atoms. The Morgan fingerprint density at radius 1 is 1.69 bits per heavy atom. The Balaban J connectivity index is 3.05. The van der Waals surface area contributed by atoms with E-state index in [1.165, 1.54) is 0 Å². The lowest BCUT2D eigenvalue weighted by Crippen LogP contribution is -2.57. The van der Waals surface area contributed by atoms with E-state index in [0.717, 1.165) is 0 Å². The van der Waals surface area contributed by atoms with Gasteiger partial charge in [-0.05, 0) is 18.9 Å². The minimum Gasteiger partial charge on any atom is -0.465 e. The second-order valence-corrected chi connectivity index (χ2v) is 3.15. The minimum absolute atomic E-state index is 0.0583. The molecule has 1 aliphatic rings. The summed E-state index contributed by atoms with van der Waals surface area (Å²) in [5.41, 5.74) is 6.42. The van der Waals surface area contributed by atoms with Gasteiger partial charge in [0.25, 0.3) is 0 Å². The van der Waals surface area contributed by atoms with E-state index in [1.54, 1.807) is 6.92 Å². The zero-order valence-electron chi connectivity index (χ0n) is 8.60. The van der Waals surface area contributed by atoms with Gasteiger partial charge in [-0.15, -0.1) is 0 Å². The van der Waals surface area contributed by atoms with Crippen LogP contribution in [-0.2, 0) is 19.1 Å². The van der Waals surface area contributed by atoms with Crippen molar-refractivity contribution in [2.45, 2.75) is 25.3 Å². The maximum atomic E-state index is 11.6. The molecular weight excluding hydrogens is 216 g/mol. The summed E-state index contributed by atoms with van der Waals surface area (Å²) in [5, 5.41) is 5.14. The molecule has 1 saturated heterocycles. The highest BCUT2D eigenvalue weighted by Crippen LogP contribution is 2.24. The number of nitrogens with one attached hydrogen (secondary N) is 1. The van der Waals surface area contributed by atoms with E-state index in [2.05, 4.69) is 14.8 Å². The number of rotatable bonds is 3. The van der Waals surface area contributed by atoms with Gasteiger partial charge < -0.3 is 4.74 Å². The molecule has 0 aromatic heterocycles. The molecule has 0 aromatic carbocycles. The third-order valence-electron chi connectivity index (χ3n) is 2.17. The molecule has 0 bridgehead atoms. The van der Waals surface area contributed by atoms with Gasteiger partial charge in [0.2, 0.25) is 17.4 Å². The molecule has 0 aromatic rings. The van der Waals surface area contributed by atoms with Gasteiger partial charge in [0.05, 0.1) is 6.61 Å². The van der Waals surface area contributed by atoms with E-state index >= 15 is 0 Å². The molecule has 1 rings (SSSR count). The summed E-state index contributed by atoms with van der Waals surface area (Å²) in [6.45, 7) is 1.62. The quantitative estimate of drug-likeness (QED) is 0.182. The van der Waals surface area contributed by atoms with Crippen molar-refractivity contribution in [1.29, 1.82) is 0 Å². The predicted molar refractivity (Wildman–Crippen MR) is 50.9 cm³/mol. The van der Waals surface area contributed by atoms with Gasteiger partial charge >= 0.3 is 5.97 Å². The smallest absolute Gasteiger partial charge is 0.327 e. The lowest BCUT2D eigenvalue weighted by atomic mass is 9.90. The number of azide groups is 1. The van der Waals surface area contributed by atoms with E-state index < -0.39 is 23.3 Å². The van der Waals surface area contributed by atoms with Crippen molar-refractivity contribution in [3.8, 4) is 0 Å². The number of esters is 1. The average Bonchev–Trinajstić information content (AvgIpc) is 2.23. The van der Waals surface area contributed by atoms with Crippen LogP contribution in [-0.4, -0.2) is 29.9 Å². The second kappa shape index (κ2) is 4.63. The van der Waals surface area contributed by atoms with Crippen molar-refractivity contribution in [2.75, 3.05) is 6.61 Å². The van der Waals surface area contributed by atoms with Crippen LogP contribution in [0.4, 0.5) is 0 Å². The molecule has 1 fully saturated rings. The Kier molecular flexibility index (Phi) is 3.47. The van der Waals surface area contributed by atoms with Crippen molar-refractivity contribution in [3.05, 3.63) is 10.4 Å². The molecule has 1 unspecified atom stereocenters. The van der Waals surface area contributed by atoms with Crippen molar-refractivity contribution in [1.82, 2.24) is 5.32 Å². The summed E-state index contributed by atoms with van der Waals surface area (Å²) in [6, 6.07) is 0. The fraction of sp³-hybridized carbons (Fsp3) is 0.625. The lowest BCUT2D eigenvalue weighted by molar-refractivity contribution is -0.156. The number of piperidine rings is 1. The first kappa shape index (κ1) is 12.0. The average molecular weight is 226 g/mol. The first-order chi connectivity index (χ1) is 7.56. The fourth-order valence-electron chi connectivity index (χ4n) is 1.36. The molecular formula is C8H10N4O4. The van der Waals surface area contributed by atoms with Crippen LogP contribution in [0, 0.1) is 0 Å². The number of hydrogen-bond acceptors (Lipinski definition) is 5. The number of hydrogen-bond donors (Lipinski definition) is 1. The maximum Gasteiger partial charge on any atom is 0.327 e. The highest BCUT2D eigenvalue weighted by molar-refractivity contribution is 6.14. The first-order valence-electron chi connectivity index (χ1n) is 4.64. The third kappa shape index (κ3) is 1.96. The Hall–Kier alpha value is -2.08. The van der Waals surface area contributed by atoms with E-state index in [1.807, 2.05) is 5.32 Å². The molecule has 0 aliphatic carbocycles. The zero-order valence-corrected chi connectivity index (χ0v) is 8.60. The van der Waals surface area contributed by atoms with Crippen molar-refractivity contribution in [3.63, 3.8) is 0 Å². The van der Waals surface area contributed by atoms with Crippen LogP contribution >= 0.6 is 0 Å². The number of carbonyl (C=O) groups is 3. The fourth-order valence-corrected chi connectivity index (χ4v) is 1.36. The summed E-state index contributed by atoms with van der Waals surface area (Å²) in [4.78, 5) is 36.5. The molecule has 1 heterocycles. The van der Waals surface area contributed by atoms with Crippen molar-refractivity contribution < 1.29 is 19.1 Å². The van der Waals surface area contributed by atoms with Gasteiger partial charge in [-0.25, -0.2) is 0 Å². The molecule has 2 amide bonds. The van der Waals surface area contributed by atoms with Gasteiger partial charge in [-0.1, -0.05) is 5.11 Å². The van der Waals surface area contributed by atoms with Gasteiger partial charge in [0.15, 0.2) is 0 Å². The molecule has 86 valence electrons. The molecule has 0 radical (unpaired) electrons. The number of imide groups is 1. The first-order valence-corrected chi connectivity index (χ1v) is 4.64. The van der Waals surface area contributed by atoms with Gasteiger partial charge in [-0.3, -0.25) is 19.7 Å². The van der Waals surface area contributed by atoms with Gasteiger partial charge in [-0.2, -0.15) is 0 Å². The van der Waals surface area contributed by atoms with Crippen LogP contribution in [0.3, 0.4) is 0 Å². The van der Waals surface area contributed by atoms with Crippen LogP contribution in [0.5, 0.6) is 0 Å². The van der Waals surface area contributed by atoms with Crippen LogP contribution in [0.1, 0.15) is 19.8 Å². The molecule has 8 nitrogen and oxygen atoms in total. The van der Waals surface area contributed by atoms with E-state index in [0.29, 0.717) is 0 Å². The SMILES string of the molecule is CCOC(=O)C1(N=[N+]=[N-])CCC(=O)NC1=O. The Morgan fingerprint density at radius 2 is 2.38 bits per heavy atom. The largest absolute Gasteiger partial charge is 0.465 e. The van der Waals surface area contributed by atoms with Crippen LogP contribution in [0.2, 0.25) is 0 Å². The zero-order chi connectivity index (χ0) is 12.2. The Morgan fingerprint density at radius 3 is 2.88 bits per heavy atom. The normalized spacial score (nSPS) is 24.3. The summed E-state index contributed by atoms with van der Waals surface area (Å²) in [6.07, 6.45) is -0.232. The van der Waals surface area contributed by atoms with Crippen molar-refractivity contribution >= 4 is 17.8 Å². The maximum absolute atomic E-state index is 11.6. The summed E-state index contributed by atoms with van der Waals surface area (Å²) in [5.74, 6) is -2.36. The Labute approximate surface area is 90.6 Å². The molecule has 16 heavy (non-hydrogen) atoms. The highest BCUT2D eigenvalue weighted by atomic mass is 16.5. The standard InChI is InChI=1S/C8H10N4O4/c1-2-16-7(15)8(11-12-9)4-3-5(13)10-6(8)14/h2-4H2,1H3,(H,10,13,14). The Bertz CT molecular complexity index is 387. The number of amides is 2. The summed E-state index contributed by atoms with van der Waals surface area (Å²) in [7, 11) is 0. The monoisotopic (exact) mass is 226 g/mol. The number of ether oxygens (including phenoxy) is 1. The minimum atomic E-state index is -1.95. The topological polar surface area (TPSA) is 121 Å². The molecule has 1 atom stereocenters. The number of nitrogens with zero attached hydrogens (tertiary/aromatic N) is 3.